The highest BCUT2D eigenvalue weighted by molar-refractivity contribution is 7.89. The fourth-order valence-corrected chi connectivity index (χ4v) is 2.80. The van der Waals surface area contributed by atoms with Crippen LogP contribution in [0.5, 0.6) is 5.75 Å². The third-order valence-corrected chi connectivity index (χ3v) is 4.25. The summed E-state index contributed by atoms with van der Waals surface area (Å²) in [6.07, 6.45) is 3.02. The average molecular weight is 320 g/mol. The molecule has 0 saturated carbocycles. The molecule has 0 aliphatic carbocycles. The summed E-state index contributed by atoms with van der Waals surface area (Å²) in [5.74, 6) is 0.605. The zero-order chi connectivity index (χ0) is 16.0. The molecule has 1 aromatic heterocycles. The van der Waals surface area contributed by atoms with E-state index in [1.807, 2.05) is 6.07 Å². The summed E-state index contributed by atoms with van der Waals surface area (Å²) in [5, 5.41) is 12.5. The lowest BCUT2D eigenvalue weighted by molar-refractivity contribution is 0.322. The molecule has 1 aromatic carbocycles. The van der Waals surface area contributed by atoms with Gasteiger partial charge in [-0.05, 0) is 17.7 Å². The maximum absolute atomic E-state index is 11.9. The van der Waals surface area contributed by atoms with Gasteiger partial charge in [0.05, 0.1) is 18.7 Å². The van der Waals surface area contributed by atoms with Gasteiger partial charge in [-0.25, -0.2) is 13.1 Å². The predicted molar refractivity (Wildman–Crippen MR) is 79.7 cm³/mol. The van der Waals surface area contributed by atoms with E-state index in [0.29, 0.717) is 12.2 Å². The Hall–Kier alpha value is -2.37. The number of hydrogen-bond donors (Lipinski definition) is 1. The Balaban J connectivity index is 1.84. The first-order valence-corrected chi connectivity index (χ1v) is 8.06. The standard InChI is InChI=1S/C14H16N4O3S/c1-18-11-14(10-16-18)22(19,20)17-7-8-21-13-4-2-3-12(9-13)5-6-15/h2-4,9-11,17H,5,7-8H2,1H3. The monoisotopic (exact) mass is 320 g/mol. The van der Waals surface area contributed by atoms with E-state index >= 15 is 0 Å². The van der Waals surface area contributed by atoms with E-state index in [4.69, 9.17) is 10.00 Å². The second-order valence-corrected chi connectivity index (χ2v) is 6.35. The summed E-state index contributed by atoms with van der Waals surface area (Å²) in [6, 6.07) is 9.21. The van der Waals surface area contributed by atoms with E-state index in [1.165, 1.54) is 17.1 Å². The molecule has 0 aliphatic rings. The number of nitriles is 1. The molecule has 0 spiro atoms. The SMILES string of the molecule is Cn1cc(S(=O)(=O)NCCOc2cccc(CC#N)c2)cn1. The number of benzene rings is 1. The lowest BCUT2D eigenvalue weighted by Crippen LogP contribution is -2.28. The quantitative estimate of drug-likeness (QED) is 0.763. The Morgan fingerprint density at radius 2 is 2.27 bits per heavy atom. The Labute approximate surface area is 129 Å². The molecule has 0 bridgehead atoms. The molecule has 22 heavy (non-hydrogen) atoms. The molecule has 2 aromatic rings. The Morgan fingerprint density at radius 1 is 1.45 bits per heavy atom. The van der Waals surface area contributed by atoms with Gasteiger partial charge >= 0.3 is 0 Å². The number of nitrogens with zero attached hydrogens (tertiary/aromatic N) is 3. The van der Waals surface area contributed by atoms with Gasteiger partial charge in [0.1, 0.15) is 17.3 Å². The smallest absolute Gasteiger partial charge is 0.243 e. The van der Waals surface area contributed by atoms with E-state index in [2.05, 4.69) is 15.9 Å². The van der Waals surface area contributed by atoms with E-state index in [1.54, 1.807) is 25.2 Å². The number of rotatable bonds is 7. The molecule has 116 valence electrons. The van der Waals surface area contributed by atoms with Crippen molar-refractivity contribution in [1.82, 2.24) is 14.5 Å². The summed E-state index contributed by atoms with van der Waals surface area (Å²) in [7, 11) is -1.92. The maximum Gasteiger partial charge on any atom is 0.243 e. The summed E-state index contributed by atoms with van der Waals surface area (Å²) in [6.45, 7) is 0.329. The van der Waals surface area contributed by atoms with Crippen molar-refractivity contribution in [2.75, 3.05) is 13.2 Å². The fraction of sp³-hybridized carbons (Fsp3) is 0.286. The highest BCUT2D eigenvalue weighted by Gasteiger charge is 2.15. The Bertz CT molecular complexity index is 777. The third kappa shape index (κ3) is 4.31. The van der Waals surface area contributed by atoms with Crippen LogP contribution in [0.2, 0.25) is 0 Å². The molecule has 0 saturated heterocycles. The van der Waals surface area contributed by atoms with Gasteiger partial charge < -0.3 is 4.74 Å². The molecular weight excluding hydrogens is 304 g/mol. The van der Waals surface area contributed by atoms with Gasteiger partial charge in [0.15, 0.2) is 0 Å². The van der Waals surface area contributed by atoms with Crippen molar-refractivity contribution in [3.63, 3.8) is 0 Å². The van der Waals surface area contributed by atoms with Crippen LogP contribution in [0.25, 0.3) is 0 Å². The first-order valence-electron chi connectivity index (χ1n) is 6.58. The summed E-state index contributed by atoms with van der Waals surface area (Å²) in [5.41, 5.74) is 0.857. The molecule has 7 nitrogen and oxygen atoms in total. The first kappa shape index (κ1) is 16.0. The molecule has 0 aliphatic heterocycles. The number of aromatic nitrogens is 2. The van der Waals surface area contributed by atoms with Crippen molar-refractivity contribution >= 4 is 10.0 Å². The van der Waals surface area contributed by atoms with Gasteiger partial charge in [0.25, 0.3) is 0 Å². The largest absolute Gasteiger partial charge is 0.492 e. The minimum absolute atomic E-state index is 0.117. The second kappa shape index (κ2) is 7.06. The lowest BCUT2D eigenvalue weighted by atomic mass is 10.2. The van der Waals surface area contributed by atoms with Crippen molar-refractivity contribution in [2.24, 2.45) is 7.05 Å². The van der Waals surface area contributed by atoms with Crippen molar-refractivity contribution < 1.29 is 13.2 Å². The van der Waals surface area contributed by atoms with E-state index in [0.717, 1.165) is 5.56 Å². The predicted octanol–water partition coefficient (Wildman–Crippen LogP) is 0.843. The average Bonchev–Trinajstić information content (AvgIpc) is 2.92. The molecule has 0 atom stereocenters. The summed E-state index contributed by atoms with van der Waals surface area (Å²) in [4.78, 5) is 0.117. The summed E-state index contributed by atoms with van der Waals surface area (Å²) >= 11 is 0. The van der Waals surface area contributed by atoms with Crippen molar-refractivity contribution in [3.05, 3.63) is 42.2 Å². The minimum atomic E-state index is -3.57. The molecule has 8 heteroatoms. The number of nitrogens with one attached hydrogen (secondary N) is 1. The van der Waals surface area contributed by atoms with Gasteiger partial charge in [-0.2, -0.15) is 10.4 Å². The summed E-state index contributed by atoms with van der Waals surface area (Å²) < 4.78 is 33.2. The highest BCUT2D eigenvalue weighted by Crippen LogP contribution is 2.13. The number of hydrogen-bond acceptors (Lipinski definition) is 5. The number of aryl methyl sites for hydroxylation is 1. The molecule has 0 amide bonds. The Morgan fingerprint density at radius 3 is 2.95 bits per heavy atom. The van der Waals surface area contributed by atoms with Gasteiger partial charge in [0, 0.05) is 19.8 Å². The zero-order valence-electron chi connectivity index (χ0n) is 12.1. The van der Waals surface area contributed by atoms with Gasteiger partial charge in [-0.3, -0.25) is 4.68 Å². The van der Waals surface area contributed by atoms with Crippen LogP contribution in [-0.2, 0) is 23.5 Å². The van der Waals surface area contributed by atoms with Crippen molar-refractivity contribution in [3.8, 4) is 11.8 Å². The van der Waals surface area contributed by atoms with Crippen LogP contribution < -0.4 is 9.46 Å². The van der Waals surface area contributed by atoms with E-state index in [9.17, 15) is 8.42 Å². The van der Waals surface area contributed by atoms with Crippen LogP contribution in [0.15, 0.2) is 41.6 Å². The lowest BCUT2D eigenvalue weighted by Gasteiger charge is -2.08. The van der Waals surface area contributed by atoms with Crippen LogP contribution in [0.1, 0.15) is 5.56 Å². The number of ether oxygens (including phenoxy) is 1. The van der Waals surface area contributed by atoms with Crippen LogP contribution >= 0.6 is 0 Å². The van der Waals surface area contributed by atoms with E-state index in [-0.39, 0.29) is 18.0 Å². The second-order valence-electron chi connectivity index (χ2n) is 4.58. The fourth-order valence-electron chi connectivity index (χ4n) is 1.80. The first-order chi connectivity index (χ1) is 10.5. The van der Waals surface area contributed by atoms with Crippen LogP contribution in [0.3, 0.4) is 0 Å². The molecule has 0 fully saturated rings. The molecule has 1 heterocycles. The van der Waals surface area contributed by atoms with Gasteiger partial charge in [0.2, 0.25) is 10.0 Å². The van der Waals surface area contributed by atoms with Gasteiger partial charge in [-0.15, -0.1) is 0 Å². The van der Waals surface area contributed by atoms with Crippen LogP contribution in [0, 0.1) is 11.3 Å². The molecular formula is C14H16N4O3S. The molecule has 1 N–H and O–H groups in total. The van der Waals surface area contributed by atoms with Crippen molar-refractivity contribution in [2.45, 2.75) is 11.3 Å². The van der Waals surface area contributed by atoms with Gasteiger partial charge in [-0.1, -0.05) is 12.1 Å². The molecule has 2 rings (SSSR count). The van der Waals surface area contributed by atoms with E-state index < -0.39 is 10.0 Å². The molecule has 0 unspecified atom stereocenters. The minimum Gasteiger partial charge on any atom is -0.492 e. The zero-order valence-corrected chi connectivity index (χ0v) is 12.9. The van der Waals surface area contributed by atoms with Crippen LogP contribution in [0.4, 0.5) is 0 Å². The molecule has 0 radical (unpaired) electrons. The van der Waals surface area contributed by atoms with Crippen LogP contribution in [-0.4, -0.2) is 31.3 Å². The topological polar surface area (TPSA) is 97.0 Å². The van der Waals surface area contributed by atoms with Crippen molar-refractivity contribution in [1.29, 1.82) is 5.26 Å². The normalized spacial score (nSPS) is 11.1. The highest BCUT2D eigenvalue weighted by atomic mass is 32.2. The maximum atomic E-state index is 11.9. The Kier molecular flexibility index (Phi) is 5.14. The number of sulfonamides is 1. The third-order valence-electron chi connectivity index (χ3n) is 2.84.